The molecule has 2 saturated heterocycles. The highest BCUT2D eigenvalue weighted by Crippen LogP contribution is 2.35. The van der Waals surface area contributed by atoms with Crippen molar-refractivity contribution in [2.45, 2.75) is 108 Å². The lowest BCUT2D eigenvalue weighted by Crippen LogP contribution is -2.65. The van der Waals surface area contributed by atoms with Gasteiger partial charge in [0.1, 0.15) is 36.6 Å². The van der Waals surface area contributed by atoms with Gasteiger partial charge in [0.15, 0.2) is 12.6 Å². The van der Waals surface area contributed by atoms with E-state index in [1.807, 2.05) is 166 Å². The summed E-state index contributed by atoms with van der Waals surface area (Å²) in [5.74, 6) is 0. The summed E-state index contributed by atoms with van der Waals surface area (Å²) < 4.78 is 53.3. The van der Waals surface area contributed by atoms with Crippen molar-refractivity contribution >= 4 is 0 Å². The summed E-state index contributed by atoms with van der Waals surface area (Å²) in [6, 6.07) is 49.8. The fourth-order valence-electron chi connectivity index (χ4n) is 7.22. The van der Waals surface area contributed by atoms with Crippen LogP contribution in [0, 0.1) is 0 Å². The Balaban J connectivity index is 1.21. The first-order chi connectivity index (χ1) is 27.5. The Kier molecular flexibility index (Phi) is 14.4. The van der Waals surface area contributed by atoms with Crippen molar-refractivity contribution in [1.82, 2.24) is 0 Å². The zero-order valence-corrected chi connectivity index (χ0v) is 32.0. The summed E-state index contributed by atoms with van der Waals surface area (Å²) in [6.45, 7) is 5.31. The summed E-state index contributed by atoms with van der Waals surface area (Å²) in [5, 5.41) is 11.5. The summed E-state index contributed by atoms with van der Waals surface area (Å²) in [5.41, 5.74) is 4.96. The molecule has 2 aliphatic heterocycles. The predicted octanol–water partition coefficient (Wildman–Crippen LogP) is 7.78. The number of rotatable bonds is 17. The Hall–Kier alpha value is -4.26. The van der Waals surface area contributed by atoms with Crippen molar-refractivity contribution in [1.29, 1.82) is 0 Å². The quantitative estimate of drug-likeness (QED) is 0.102. The summed E-state index contributed by atoms with van der Waals surface area (Å²) in [6.07, 6.45) is -7.62. The molecule has 56 heavy (non-hydrogen) atoms. The van der Waals surface area contributed by atoms with Gasteiger partial charge in [0.05, 0.1) is 45.2 Å². The highest BCUT2D eigenvalue weighted by molar-refractivity contribution is 5.17. The smallest absolute Gasteiger partial charge is 0.187 e. The van der Waals surface area contributed by atoms with E-state index in [1.54, 1.807) is 0 Å². The van der Waals surface area contributed by atoms with E-state index >= 15 is 0 Å². The maximum atomic E-state index is 11.5. The molecule has 5 aromatic carbocycles. The van der Waals surface area contributed by atoms with Gasteiger partial charge in [-0.15, -0.1) is 0 Å². The van der Waals surface area contributed by atoms with Crippen molar-refractivity contribution in [3.05, 3.63) is 179 Å². The average molecular weight is 761 g/mol. The minimum absolute atomic E-state index is 0.222. The fourth-order valence-corrected chi connectivity index (χ4v) is 7.22. The number of aliphatic hydroxyl groups excluding tert-OH is 1. The molecule has 9 nitrogen and oxygen atoms in total. The molecule has 7 rings (SSSR count). The first-order valence-electron chi connectivity index (χ1n) is 19.4. The van der Waals surface area contributed by atoms with Crippen molar-refractivity contribution in [3.8, 4) is 0 Å². The molecular weight excluding hydrogens is 709 g/mol. The Labute approximate surface area is 330 Å². The molecule has 0 aromatic heterocycles. The molecule has 0 spiro atoms. The van der Waals surface area contributed by atoms with Crippen LogP contribution in [0.15, 0.2) is 152 Å². The third kappa shape index (κ3) is 10.8. The second-order valence-electron chi connectivity index (χ2n) is 14.3. The molecule has 2 aliphatic rings. The minimum atomic E-state index is -1.30. The lowest BCUT2D eigenvalue weighted by Gasteiger charge is -2.49. The summed E-state index contributed by atoms with van der Waals surface area (Å²) in [7, 11) is 0. The molecule has 0 saturated carbocycles. The molecule has 5 aromatic rings. The largest absolute Gasteiger partial charge is 0.368 e. The van der Waals surface area contributed by atoms with E-state index in [0.29, 0.717) is 19.8 Å². The molecule has 10 atom stereocenters. The van der Waals surface area contributed by atoms with Gasteiger partial charge < -0.3 is 43.0 Å². The molecule has 0 unspecified atom stereocenters. The zero-order valence-electron chi connectivity index (χ0n) is 32.0. The van der Waals surface area contributed by atoms with Gasteiger partial charge >= 0.3 is 0 Å². The molecule has 2 heterocycles. The van der Waals surface area contributed by atoms with Crippen LogP contribution in [0.1, 0.15) is 41.7 Å². The molecule has 0 aliphatic carbocycles. The Morgan fingerprint density at radius 3 is 1.07 bits per heavy atom. The molecular formula is C47H52O9. The summed E-state index contributed by atoms with van der Waals surface area (Å²) >= 11 is 0. The topological polar surface area (TPSA) is 94.1 Å². The second-order valence-corrected chi connectivity index (χ2v) is 14.3. The minimum Gasteiger partial charge on any atom is -0.368 e. The Bertz CT molecular complexity index is 1780. The van der Waals surface area contributed by atoms with E-state index in [4.69, 9.17) is 37.9 Å². The average Bonchev–Trinajstić information content (AvgIpc) is 3.23. The van der Waals surface area contributed by atoms with Gasteiger partial charge in [-0.2, -0.15) is 0 Å². The Morgan fingerprint density at radius 1 is 0.375 bits per heavy atom. The second kappa shape index (κ2) is 20.2. The van der Waals surface area contributed by atoms with Crippen LogP contribution in [0.25, 0.3) is 0 Å². The van der Waals surface area contributed by atoms with Gasteiger partial charge in [-0.1, -0.05) is 152 Å². The first kappa shape index (κ1) is 40.0. The van der Waals surface area contributed by atoms with Crippen LogP contribution in [-0.4, -0.2) is 66.5 Å². The maximum Gasteiger partial charge on any atom is 0.187 e. The fraction of sp³-hybridized carbons (Fsp3) is 0.362. The van der Waals surface area contributed by atoms with Crippen LogP contribution in [0.4, 0.5) is 0 Å². The third-order valence-electron chi connectivity index (χ3n) is 10.2. The van der Waals surface area contributed by atoms with Crippen LogP contribution in [-0.2, 0) is 70.9 Å². The number of ether oxygens (including phenoxy) is 8. The van der Waals surface area contributed by atoms with Crippen LogP contribution < -0.4 is 0 Å². The molecule has 0 bridgehead atoms. The molecule has 0 amide bonds. The van der Waals surface area contributed by atoms with Crippen molar-refractivity contribution in [3.63, 3.8) is 0 Å². The van der Waals surface area contributed by atoms with E-state index in [1.165, 1.54) is 0 Å². The van der Waals surface area contributed by atoms with Crippen LogP contribution >= 0.6 is 0 Å². The highest BCUT2D eigenvalue weighted by atomic mass is 16.7. The third-order valence-corrected chi connectivity index (χ3v) is 10.2. The predicted molar refractivity (Wildman–Crippen MR) is 211 cm³/mol. The first-order valence-corrected chi connectivity index (χ1v) is 19.4. The molecule has 9 heteroatoms. The van der Waals surface area contributed by atoms with E-state index in [-0.39, 0.29) is 13.2 Å². The lowest BCUT2D eigenvalue weighted by atomic mass is 9.96. The van der Waals surface area contributed by atoms with E-state index in [9.17, 15) is 5.11 Å². The van der Waals surface area contributed by atoms with E-state index < -0.39 is 61.4 Å². The zero-order chi connectivity index (χ0) is 38.5. The van der Waals surface area contributed by atoms with Gasteiger partial charge in [-0.05, 0) is 41.7 Å². The number of hydrogen-bond donors (Lipinski definition) is 1. The van der Waals surface area contributed by atoms with Crippen LogP contribution in [0.2, 0.25) is 0 Å². The Morgan fingerprint density at radius 2 is 0.679 bits per heavy atom. The van der Waals surface area contributed by atoms with Crippen molar-refractivity contribution in [2.24, 2.45) is 0 Å². The van der Waals surface area contributed by atoms with Gasteiger partial charge in [0.2, 0.25) is 0 Å². The van der Waals surface area contributed by atoms with Gasteiger partial charge in [0.25, 0.3) is 0 Å². The monoisotopic (exact) mass is 760 g/mol. The number of benzene rings is 5. The van der Waals surface area contributed by atoms with E-state index in [0.717, 1.165) is 27.8 Å². The van der Waals surface area contributed by atoms with Crippen LogP contribution in [0.3, 0.4) is 0 Å². The highest BCUT2D eigenvalue weighted by Gasteiger charge is 2.52. The molecule has 0 radical (unpaired) electrons. The SMILES string of the molecule is C[C@H]1O[C@H](O[C@H]2[C@H](OCc3ccccc3)[C@@H](C)O[C@H](O)[C@H]2OCc2ccccc2)[C@@H](OCc2ccccc2)[C@@H](OCc2ccccc2)[C@@H]1OCc1ccccc1. The number of aliphatic hydroxyl groups is 1. The van der Waals surface area contributed by atoms with Crippen LogP contribution in [0.5, 0.6) is 0 Å². The normalized spacial score (nSPS) is 27.8. The number of hydrogen-bond acceptors (Lipinski definition) is 9. The van der Waals surface area contributed by atoms with Gasteiger partial charge in [-0.25, -0.2) is 0 Å². The molecule has 1 N–H and O–H groups in total. The van der Waals surface area contributed by atoms with Gasteiger partial charge in [0, 0.05) is 0 Å². The van der Waals surface area contributed by atoms with E-state index in [2.05, 4.69) is 0 Å². The van der Waals surface area contributed by atoms with Gasteiger partial charge in [-0.3, -0.25) is 0 Å². The lowest BCUT2D eigenvalue weighted by molar-refractivity contribution is -0.369. The van der Waals surface area contributed by atoms with Crippen molar-refractivity contribution < 1.29 is 43.0 Å². The summed E-state index contributed by atoms with van der Waals surface area (Å²) in [4.78, 5) is 0. The maximum absolute atomic E-state index is 11.5. The van der Waals surface area contributed by atoms with Crippen molar-refractivity contribution in [2.75, 3.05) is 0 Å². The molecule has 2 fully saturated rings. The standard InChI is InChI=1S/C47H52O9/c1-33-41(50-29-36-20-10-4-11-21-36)43(44(46(48)54-33)52-31-38-24-14-6-15-25-38)56-47-45(53-32-39-26-16-7-17-27-39)42(51-30-37-22-12-5-13-23-37)40(34(2)55-47)49-28-35-18-8-3-9-19-35/h3-27,33-34,40-48H,28-32H2,1-2H3/t33-,34-,40-,41-,42+,43+,44+,45+,46+,47-/m1/s1. The molecule has 294 valence electrons.